The monoisotopic (exact) mass is 541 g/mol. The van der Waals surface area contributed by atoms with Gasteiger partial charge in [-0.15, -0.1) is 24.0 Å². The van der Waals surface area contributed by atoms with E-state index in [0.717, 1.165) is 37.9 Å². The van der Waals surface area contributed by atoms with Crippen LogP contribution in [0.3, 0.4) is 0 Å². The first-order valence-electron chi connectivity index (χ1n) is 11.1. The van der Waals surface area contributed by atoms with Crippen molar-refractivity contribution in [2.24, 2.45) is 10.9 Å². The number of nitrogens with one attached hydrogen (secondary N) is 2. The highest BCUT2D eigenvalue weighted by molar-refractivity contribution is 14.0. The van der Waals surface area contributed by atoms with Gasteiger partial charge in [0.25, 0.3) is 0 Å². The number of piperidine rings is 2. The first-order valence-corrected chi connectivity index (χ1v) is 13.0. The Balaban J connectivity index is 0.00000300. The Kier molecular flexibility index (Phi) is 10.4. The molecule has 2 N–H and O–H groups in total. The molecule has 0 bridgehead atoms. The fourth-order valence-electron chi connectivity index (χ4n) is 4.98. The summed E-state index contributed by atoms with van der Waals surface area (Å²) in [6, 6.07) is 1.25. The average molecular weight is 542 g/mol. The summed E-state index contributed by atoms with van der Waals surface area (Å²) >= 11 is 0. The molecule has 0 aromatic heterocycles. The van der Waals surface area contributed by atoms with Crippen molar-refractivity contribution in [3.05, 3.63) is 0 Å². The van der Waals surface area contributed by atoms with Crippen molar-refractivity contribution in [2.75, 3.05) is 46.0 Å². The van der Waals surface area contributed by atoms with Gasteiger partial charge in [-0.05, 0) is 51.0 Å². The Bertz CT molecular complexity index is 616. The molecule has 7 nitrogen and oxygen atoms in total. The minimum absolute atomic E-state index is 0. The van der Waals surface area contributed by atoms with Crippen LogP contribution < -0.4 is 10.6 Å². The quantitative estimate of drug-likeness (QED) is 0.317. The molecule has 3 fully saturated rings. The van der Waals surface area contributed by atoms with Crippen molar-refractivity contribution in [2.45, 2.75) is 69.9 Å². The van der Waals surface area contributed by atoms with E-state index in [2.05, 4.69) is 20.5 Å². The topological polar surface area (TPSA) is 77.0 Å². The lowest BCUT2D eigenvalue weighted by Gasteiger charge is -2.40. The van der Waals surface area contributed by atoms with Crippen LogP contribution in [-0.4, -0.2) is 81.7 Å². The molecule has 3 rings (SSSR count). The number of rotatable bonds is 5. The van der Waals surface area contributed by atoms with E-state index in [0.29, 0.717) is 25.0 Å². The summed E-state index contributed by atoms with van der Waals surface area (Å²) in [6.45, 7) is 4.49. The second-order valence-electron chi connectivity index (χ2n) is 8.83. The van der Waals surface area contributed by atoms with Gasteiger partial charge in [0.05, 0.1) is 6.26 Å². The lowest BCUT2D eigenvalue weighted by atomic mass is 9.92. The van der Waals surface area contributed by atoms with E-state index in [1.54, 1.807) is 4.31 Å². The summed E-state index contributed by atoms with van der Waals surface area (Å²) < 4.78 is 24.9. The molecule has 1 aliphatic carbocycles. The van der Waals surface area contributed by atoms with Crippen molar-refractivity contribution in [1.29, 1.82) is 0 Å². The molecule has 3 aliphatic rings. The van der Waals surface area contributed by atoms with E-state index in [9.17, 15) is 8.42 Å². The lowest BCUT2D eigenvalue weighted by molar-refractivity contribution is 0.115. The van der Waals surface area contributed by atoms with Gasteiger partial charge in [-0.2, -0.15) is 0 Å². The molecule has 170 valence electrons. The van der Waals surface area contributed by atoms with Crippen molar-refractivity contribution in [3.63, 3.8) is 0 Å². The van der Waals surface area contributed by atoms with Crippen LogP contribution in [0.15, 0.2) is 4.99 Å². The van der Waals surface area contributed by atoms with Crippen LogP contribution in [0.5, 0.6) is 0 Å². The first kappa shape index (κ1) is 25.1. The number of guanidine groups is 1. The van der Waals surface area contributed by atoms with Crippen LogP contribution in [0.4, 0.5) is 0 Å². The van der Waals surface area contributed by atoms with E-state index in [1.165, 1.54) is 57.7 Å². The largest absolute Gasteiger partial charge is 0.356 e. The van der Waals surface area contributed by atoms with Gasteiger partial charge in [0.2, 0.25) is 10.0 Å². The molecule has 0 aromatic carbocycles. The number of halogens is 1. The molecule has 0 radical (unpaired) electrons. The maximum Gasteiger partial charge on any atom is 0.211 e. The molecule has 2 saturated heterocycles. The summed E-state index contributed by atoms with van der Waals surface area (Å²) in [6.07, 6.45) is 12.5. The zero-order valence-corrected chi connectivity index (χ0v) is 21.3. The predicted octanol–water partition coefficient (Wildman–Crippen LogP) is 2.24. The van der Waals surface area contributed by atoms with Gasteiger partial charge in [0.15, 0.2) is 5.96 Å². The number of hydrogen-bond donors (Lipinski definition) is 2. The van der Waals surface area contributed by atoms with Crippen LogP contribution in [0, 0.1) is 5.92 Å². The summed E-state index contributed by atoms with van der Waals surface area (Å²) in [5, 5.41) is 7.13. The first-order chi connectivity index (χ1) is 13.5. The van der Waals surface area contributed by atoms with Crippen LogP contribution in [0.25, 0.3) is 0 Å². The van der Waals surface area contributed by atoms with Crippen molar-refractivity contribution in [3.8, 4) is 0 Å². The maximum atomic E-state index is 11.6. The Morgan fingerprint density at radius 3 is 2.31 bits per heavy atom. The van der Waals surface area contributed by atoms with Crippen LogP contribution in [0.1, 0.15) is 57.8 Å². The molecule has 0 amide bonds. The van der Waals surface area contributed by atoms with Crippen LogP contribution in [-0.2, 0) is 10.0 Å². The third kappa shape index (κ3) is 7.81. The van der Waals surface area contributed by atoms with Gasteiger partial charge in [0, 0.05) is 45.3 Å². The van der Waals surface area contributed by atoms with Gasteiger partial charge in [-0.3, -0.25) is 9.89 Å². The average Bonchev–Trinajstić information content (AvgIpc) is 2.71. The highest BCUT2D eigenvalue weighted by Gasteiger charge is 2.28. The smallest absolute Gasteiger partial charge is 0.211 e. The Morgan fingerprint density at radius 2 is 1.69 bits per heavy atom. The normalized spacial score (nSPS) is 26.7. The number of likely N-dealkylation sites (tertiary alicyclic amines) is 1. The van der Waals surface area contributed by atoms with Crippen LogP contribution >= 0.6 is 24.0 Å². The SMILES string of the molecule is CN=C(NCC1CCN(S(C)(=O)=O)CC1)NC1CCCN(C2CCCCC2)C1.I. The molecule has 1 unspecified atom stereocenters. The Morgan fingerprint density at radius 1 is 1.00 bits per heavy atom. The van der Waals surface area contributed by atoms with Gasteiger partial charge in [0.1, 0.15) is 0 Å². The number of hydrogen-bond acceptors (Lipinski definition) is 4. The molecule has 2 aliphatic heterocycles. The van der Waals surface area contributed by atoms with Gasteiger partial charge < -0.3 is 10.6 Å². The number of sulfonamides is 1. The maximum absolute atomic E-state index is 11.6. The van der Waals surface area contributed by atoms with Gasteiger partial charge >= 0.3 is 0 Å². The summed E-state index contributed by atoms with van der Waals surface area (Å²) in [4.78, 5) is 7.13. The minimum atomic E-state index is -3.05. The summed E-state index contributed by atoms with van der Waals surface area (Å²) in [7, 11) is -1.21. The highest BCUT2D eigenvalue weighted by atomic mass is 127. The zero-order valence-electron chi connectivity index (χ0n) is 18.1. The van der Waals surface area contributed by atoms with E-state index in [4.69, 9.17) is 0 Å². The molecular weight excluding hydrogens is 501 g/mol. The van der Waals surface area contributed by atoms with Gasteiger partial charge in [-0.25, -0.2) is 12.7 Å². The molecule has 1 atom stereocenters. The Hall–Kier alpha value is -0.130. The second-order valence-corrected chi connectivity index (χ2v) is 10.8. The fraction of sp³-hybridized carbons (Fsp3) is 0.950. The molecule has 9 heteroatoms. The summed E-state index contributed by atoms with van der Waals surface area (Å²) in [5.41, 5.74) is 0. The highest BCUT2D eigenvalue weighted by Crippen LogP contribution is 2.25. The predicted molar refractivity (Wildman–Crippen MR) is 131 cm³/mol. The van der Waals surface area contributed by atoms with E-state index in [1.807, 2.05) is 7.05 Å². The lowest BCUT2D eigenvalue weighted by Crippen LogP contribution is -2.54. The standard InChI is InChI=1S/C20H39N5O2S.HI/c1-21-20(22-15-17-10-13-25(14-11-17)28(2,26)27)23-18-7-6-12-24(16-18)19-8-4-3-5-9-19;/h17-19H,3-16H2,1-2H3,(H2,21,22,23);1H. The van der Waals surface area contributed by atoms with Crippen LogP contribution in [0.2, 0.25) is 0 Å². The van der Waals surface area contributed by atoms with Gasteiger partial charge in [-0.1, -0.05) is 19.3 Å². The molecule has 2 heterocycles. The fourth-order valence-corrected chi connectivity index (χ4v) is 5.85. The third-order valence-corrected chi connectivity index (χ3v) is 8.01. The number of nitrogens with zero attached hydrogens (tertiary/aromatic N) is 3. The van der Waals surface area contributed by atoms with E-state index >= 15 is 0 Å². The summed E-state index contributed by atoms with van der Waals surface area (Å²) in [5.74, 6) is 1.39. The molecular formula is C20H40IN5O2S. The van der Waals surface area contributed by atoms with Crippen molar-refractivity contribution in [1.82, 2.24) is 19.8 Å². The van der Waals surface area contributed by atoms with Crippen molar-refractivity contribution >= 4 is 40.0 Å². The molecule has 0 aromatic rings. The molecule has 0 spiro atoms. The van der Waals surface area contributed by atoms with Crippen molar-refractivity contribution < 1.29 is 8.42 Å². The molecule has 29 heavy (non-hydrogen) atoms. The number of aliphatic imine (C=N–C) groups is 1. The van der Waals surface area contributed by atoms with E-state index < -0.39 is 10.0 Å². The van der Waals surface area contributed by atoms with E-state index in [-0.39, 0.29) is 24.0 Å². The Labute approximate surface area is 194 Å². The molecule has 1 saturated carbocycles. The second kappa shape index (κ2) is 12.0. The third-order valence-electron chi connectivity index (χ3n) is 6.71. The zero-order chi connectivity index (χ0) is 20.0. The minimum Gasteiger partial charge on any atom is -0.356 e.